The maximum absolute atomic E-state index is 12.9. The summed E-state index contributed by atoms with van der Waals surface area (Å²) in [5, 5.41) is 3.27. The Morgan fingerprint density at radius 3 is 2.60 bits per heavy atom. The number of Topliss-reactive ketones (excluding diaryl/α,β-unsaturated/α-hetero) is 1. The summed E-state index contributed by atoms with van der Waals surface area (Å²) in [5.74, 6) is -0.839. The third-order valence-electron chi connectivity index (χ3n) is 3.85. The van der Waals surface area contributed by atoms with Gasteiger partial charge in [-0.25, -0.2) is 9.37 Å². The Bertz CT molecular complexity index is 919. The number of rotatable bonds is 6. The number of carbonyl (C=O) groups excluding carboxylic acids is 2. The largest absolute Gasteiger partial charge is 0.302 e. The van der Waals surface area contributed by atoms with Crippen molar-refractivity contribution in [2.75, 3.05) is 5.32 Å². The molecular weight excluding hydrogens is 339 g/mol. The molecule has 1 heterocycles. The molecule has 0 aliphatic carbocycles. The summed E-state index contributed by atoms with van der Waals surface area (Å²) in [6, 6.07) is 11.4. The molecule has 0 unspecified atom stereocenters. The lowest BCUT2D eigenvalue weighted by molar-refractivity contribution is -0.116. The van der Waals surface area contributed by atoms with Gasteiger partial charge in [-0.2, -0.15) is 0 Å². The second kappa shape index (κ2) is 7.53. The smallest absolute Gasteiger partial charge is 0.226 e. The van der Waals surface area contributed by atoms with Crippen LogP contribution < -0.4 is 5.32 Å². The third kappa shape index (κ3) is 4.28. The van der Waals surface area contributed by atoms with Gasteiger partial charge >= 0.3 is 0 Å². The molecule has 1 aromatic heterocycles. The minimum absolute atomic E-state index is 0.0619. The van der Waals surface area contributed by atoms with Crippen LogP contribution in [-0.4, -0.2) is 16.7 Å². The van der Waals surface area contributed by atoms with Crippen molar-refractivity contribution in [3.8, 4) is 0 Å². The zero-order valence-electron chi connectivity index (χ0n) is 13.7. The van der Waals surface area contributed by atoms with Gasteiger partial charge in [0.2, 0.25) is 5.91 Å². The Hall–Kier alpha value is -2.60. The SMILES string of the molecule is CCc1ccc2nc(NC(=O)CCC(=O)c3ccc(F)cc3)sc2c1. The first-order valence-electron chi connectivity index (χ1n) is 8.03. The molecule has 0 spiro atoms. The van der Waals surface area contributed by atoms with E-state index in [1.165, 1.54) is 41.2 Å². The van der Waals surface area contributed by atoms with Gasteiger partial charge in [0.05, 0.1) is 10.2 Å². The average molecular weight is 356 g/mol. The highest BCUT2D eigenvalue weighted by molar-refractivity contribution is 7.22. The molecule has 6 heteroatoms. The van der Waals surface area contributed by atoms with Crippen molar-refractivity contribution >= 4 is 38.4 Å². The maximum Gasteiger partial charge on any atom is 0.226 e. The van der Waals surface area contributed by atoms with Crippen LogP contribution in [0.4, 0.5) is 9.52 Å². The molecule has 0 aliphatic heterocycles. The molecule has 0 saturated heterocycles. The summed E-state index contributed by atoms with van der Waals surface area (Å²) < 4.78 is 13.9. The highest BCUT2D eigenvalue weighted by atomic mass is 32.1. The van der Waals surface area contributed by atoms with Gasteiger partial charge in [0, 0.05) is 18.4 Å². The van der Waals surface area contributed by atoms with Crippen LogP contribution >= 0.6 is 11.3 Å². The third-order valence-corrected chi connectivity index (χ3v) is 4.79. The summed E-state index contributed by atoms with van der Waals surface area (Å²) in [4.78, 5) is 28.4. The summed E-state index contributed by atoms with van der Waals surface area (Å²) in [6.07, 6.45) is 1.08. The van der Waals surface area contributed by atoms with Crippen LogP contribution in [0.15, 0.2) is 42.5 Å². The monoisotopic (exact) mass is 356 g/mol. The summed E-state index contributed by atoms with van der Waals surface area (Å²) >= 11 is 1.42. The van der Waals surface area contributed by atoms with Crippen LogP contribution in [0.25, 0.3) is 10.2 Å². The van der Waals surface area contributed by atoms with Crippen molar-refractivity contribution in [1.82, 2.24) is 4.98 Å². The van der Waals surface area contributed by atoms with Crippen molar-refractivity contribution in [2.45, 2.75) is 26.2 Å². The molecule has 2 aromatic carbocycles. The molecule has 3 aromatic rings. The molecule has 0 radical (unpaired) electrons. The van der Waals surface area contributed by atoms with Gasteiger partial charge in [0.15, 0.2) is 10.9 Å². The van der Waals surface area contributed by atoms with Crippen molar-refractivity contribution < 1.29 is 14.0 Å². The summed E-state index contributed by atoms with van der Waals surface area (Å²) in [6.45, 7) is 2.09. The molecule has 0 aliphatic rings. The predicted molar refractivity (Wildman–Crippen MR) is 97.6 cm³/mol. The Morgan fingerprint density at radius 2 is 1.88 bits per heavy atom. The van der Waals surface area contributed by atoms with Crippen LogP contribution in [0.2, 0.25) is 0 Å². The van der Waals surface area contributed by atoms with E-state index < -0.39 is 5.82 Å². The number of carbonyl (C=O) groups is 2. The number of aromatic nitrogens is 1. The zero-order chi connectivity index (χ0) is 17.8. The van der Waals surface area contributed by atoms with Gasteiger partial charge in [-0.3, -0.25) is 9.59 Å². The van der Waals surface area contributed by atoms with Crippen LogP contribution in [0.5, 0.6) is 0 Å². The van der Waals surface area contributed by atoms with E-state index in [4.69, 9.17) is 0 Å². The molecule has 4 nitrogen and oxygen atoms in total. The lowest BCUT2D eigenvalue weighted by Crippen LogP contribution is -2.13. The van der Waals surface area contributed by atoms with E-state index in [2.05, 4.69) is 23.3 Å². The number of amides is 1. The van der Waals surface area contributed by atoms with Crippen LogP contribution in [0, 0.1) is 5.82 Å². The molecule has 0 bridgehead atoms. The quantitative estimate of drug-likeness (QED) is 0.657. The predicted octanol–water partition coefficient (Wildman–Crippen LogP) is 4.60. The zero-order valence-corrected chi connectivity index (χ0v) is 14.5. The topological polar surface area (TPSA) is 59.1 Å². The molecule has 1 N–H and O–H groups in total. The number of hydrogen-bond acceptors (Lipinski definition) is 4. The fraction of sp³-hybridized carbons (Fsp3) is 0.211. The first kappa shape index (κ1) is 17.2. The van der Waals surface area contributed by atoms with Crippen molar-refractivity contribution in [1.29, 1.82) is 0 Å². The highest BCUT2D eigenvalue weighted by Crippen LogP contribution is 2.27. The number of halogens is 1. The average Bonchev–Trinajstić information content (AvgIpc) is 3.01. The minimum Gasteiger partial charge on any atom is -0.302 e. The number of ketones is 1. The van der Waals surface area contributed by atoms with Gasteiger partial charge in [-0.15, -0.1) is 0 Å². The van der Waals surface area contributed by atoms with E-state index >= 15 is 0 Å². The van der Waals surface area contributed by atoms with E-state index in [-0.39, 0.29) is 24.5 Å². The summed E-state index contributed by atoms with van der Waals surface area (Å²) in [7, 11) is 0. The summed E-state index contributed by atoms with van der Waals surface area (Å²) in [5.41, 5.74) is 2.47. The van der Waals surface area contributed by atoms with Crippen LogP contribution in [0.1, 0.15) is 35.7 Å². The number of nitrogens with zero attached hydrogens (tertiary/aromatic N) is 1. The van der Waals surface area contributed by atoms with E-state index in [0.717, 1.165) is 16.6 Å². The maximum atomic E-state index is 12.9. The second-order valence-corrected chi connectivity index (χ2v) is 6.68. The Morgan fingerprint density at radius 1 is 1.12 bits per heavy atom. The van der Waals surface area contributed by atoms with Crippen molar-refractivity contribution in [2.24, 2.45) is 0 Å². The number of benzene rings is 2. The first-order valence-corrected chi connectivity index (χ1v) is 8.85. The van der Waals surface area contributed by atoms with Gasteiger partial charge < -0.3 is 5.32 Å². The number of hydrogen-bond donors (Lipinski definition) is 1. The molecule has 0 fully saturated rings. The Balaban J connectivity index is 1.58. The van der Waals surface area contributed by atoms with Crippen molar-refractivity contribution in [3.63, 3.8) is 0 Å². The molecule has 0 saturated carbocycles. The van der Waals surface area contributed by atoms with E-state index in [1.54, 1.807) is 0 Å². The van der Waals surface area contributed by atoms with E-state index in [9.17, 15) is 14.0 Å². The standard InChI is InChI=1S/C19H17FN2O2S/c1-2-12-3-8-15-17(11-12)25-19(21-15)22-18(24)10-9-16(23)13-4-6-14(20)7-5-13/h3-8,11H,2,9-10H2,1H3,(H,21,22,24). The van der Waals surface area contributed by atoms with Gasteiger partial charge in [-0.1, -0.05) is 24.3 Å². The van der Waals surface area contributed by atoms with Crippen LogP contribution in [0.3, 0.4) is 0 Å². The lowest BCUT2D eigenvalue weighted by atomic mass is 10.1. The molecule has 3 rings (SSSR count). The lowest BCUT2D eigenvalue weighted by Gasteiger charge is -2.02. The molecule has 128 valence electrons. The van der Waals surface area contributed by atoms with E-state index in [1.807, 2.05) is 12.1 Å². The fourth-order valence-electron chi connectivity index (χ4n) is 2.43. The van der Waals surface area contributed by atoms with Gasteiger partial charge in [-0.05, 0) is 48.4 Å². The van der Waals surface area contributed by atoms with E-state index in [0.29, 0.717) is 10.7 Å². The molecule has 25 heavy (non-hydrogen) atoms. The van der Waals surface area contributed by atoms with Gasteiger partial charge in [0.25, 0.3) is 0 Å². The number of fused-ring (bicyclic) bond motifs is 1. The second-order valence-electron chi connectivity index (χ2n) is 5.65. The number of aryl methyl sites for hydroxylation is 1. The molecular formula is C19H17FN2O2S. The molecule has 1 amide bonds. The highest BCUT2D eigenvalue weighted by Gasteiger charge is 2.12. The fourth-order valence-corrected chi connectivity index (χ4v) is 3.38. The number of nitrogens with one attached hydrogen (secondary N) is 1. The normalized spacial score (nSPS) is 10.8. The Kier molecular flexibility index (Phi) is 5.19. The first-order chi connectivity index (χ1) is 12.0. The molecule has 0 atom stereocenters. The van der Waals surface area contributed by atoms with Gasteiger partial charge in [0.1, 0.15) is 5.82 Å². The number of thiazole rings is 1. The Labute approximate surface area is 148 Å². The van der Waals surface area contributed by atoms with Crippen LogP contribution in [-0.2, 0) is 11.2 Å². The number of anilines is 1. The minimum atomic E-state index is -0.392. The van der Waals surface area contributed by atoms with Crippen molar-refractivity contribution in [3.05, 3.63) is 59.4 Å².